The molecular weight excluding hydrogens is 216 g/mol. The van der Waals surface area contributed by atoms with Gasteiger partial charge < -0.3 is 9.59 Å². The van der Waals surface area contributed by atoms with Crippen LogP contribution in [-0.2, 0) is 9.59 Å². The van der Waals surface area contributed by atoms with Gasteiger partial charge in [0.05, 0.1) is 9.49 Å². The lowest BCUT2D eigenvalue weighted by Gasteiger charge is -2.26. The van der Waals surface area contributed by atoms with Crippen LogP contribution >= 0.6 is 21.6 Å². The van der Waals surface area contributed by atoms with Gasteiger partial charge in [0.15, 0.2) is 0 Å². The highest BCUT2D eigenvalue weighted by Crippen LogP contribution is 2.44. The van der Waals surface area contributed by atoms with E-state index in [-0.39, 0.29) is 9.49 Å². The molecule has 0 bridgehead atoms. The highest BCUT2D eigenvalue weighted by molar-refractivity contribution is 8.78. The second-order valence-corrected chi connectivity index (χ2v) is 6.93. The average Bonchev–Trinajstić information content (AvgIpc) is 2.25. The molecule has 0 saturated carbocycles. The Kier molecular flexibility index (Phi) is 5.83. The summed E-state index contributed by atoms with van der Waals surface area (Å²) in [4.78, 5) is 21.7. The van der Waals surface area contributed by atoms with Gasteiger partial charge in [-0.1, -0.05) is 35.4 Å². The molecule has 14 heavy (non-hydrogen) atoms. The minimum atomic E-state index is -0.371. The van der Waals surface area contributed by atoms with E-state index in [0.29, 0.717) is 0 Å². The van der Waals surface area contributed by atoms with Gasteiger partial charge in [0.1, 0.15) is 12.6 Å². The normalized spacial score (nSPS) is 19.4. The number of hydrogen-bond donors (Lipinski definition) is 0. The summed E-state index contributed by atoms with van der Waals surface area (Å²) < 4.78 is -0.742. The third kappa shape index (κ3) is 4.05. The quantitative estimate of drug-likeness (QED) is 0.501. The summed E-state index contributed by atoms with van der Waals surface area (Å²) in [6.45, 7) is 7.76. The first-order valence-electron chi connectivity index (χ1n) is 4.74. The summed E-state index contributed by atoms with van der Waals surface area (Å²) in [5.41, 5.74) is 0. The standard InChI is InChI=1S/C10H18O2S2/c1-5-9(3,7-11)13-14-10(4,6-2)8-12/h7-8H,5-6H2,1-4H3. The van der Waals surface area contributed by atoms with Gasteiger partial charge in [-0.15, -0.1) is 0 Å². The Hall–Kier alpha value is 0.0400. The first kappa shape index (κ1) is 14.0. The van der Waals surface area contributed by atoms with E-state index in [4.69, 9.17) is 0 Å². The predicted octanol–water partition coefficient (Wildman–Crippen LogP) is 3.10. The van der Waals surface area contributed by atoms with Gasteiger partial charge in [0, 0.05) is 0 Å². The van der Waals surface area contributed by atoms with Crippen molar-refractivity contribution in [3.05, 3.63) is 0 Å². The first-order valence-corrected chi connectivity index (χ1v) is 6.89. The fraction of sp³-hybridized carbons (Fsp3) is 0.800. The van der Waals surface area contributed by atoms with Gasteiger partial charge >= 0.3 is 0 Å². The van der Waals surface area contributed by atoms with E-state index in [1.54, 1.807) is 0 Å². The smallest absolute Gasteiger partial charge is 0.136 e. The molecule has 2 atom stereocenters. The molecule has 0 heterocycles. The monoisotopic (exact) mass is 234 g/mol. The highest BCUT2D eigenvalue weighted by atomic mass is 33.1. The van der Waals surface area contributed by atoms with Gasteiger partial charge in [-0.2, -0.15) is 0 Å². The molecule has 0 saturated heterocycles. The Morgan fingerprint density at radius 1 is 0.929 bits per heavy atom. The highest BCUT2D eigenvalue weighted by Gasteiger charge is 2.29. The Labute approximate surface area is 94.0 Å². The first-order chi connectivity index (χ1) is 6.45. The van der Waals surface area contributed by atoms with Crippen molar-refractivity contribution in [3.63, 3.8) is 0 Å². The van der Waals surface area contributed by atoms with Gasteiger partial charge in [0.25, 0.3) is 0 Å². The fourth-order valence-electron chi connectivity index (χ4n) is 0.514. The second-order valence-electron chi connectivity index (χ2n) is 3.73. The van der Waals surface area contributed by atoms with Crippen LogP contribution in [0.1, 0.15) is 40.5 Å². The van der Waals surface area contributed by atoms with E-state index in [1.807, 2.05) is 27.7 Å². The van der Waals surface area contributed by atoms with Crippen LogP contribution in [0, 0.1) is 0 Å². The van der Waals surface area contributed by atoms with E-state index < -0.39 is 0 Å². The minimum absolute atomic E-state index is 0.371. The van der Waals surface area contributed by atoms with Crippen LogP contribution < -0.4 is 0 Å². The molecule has 0 aliphatic carbocycles. The predicted molar refractivity (Wildman–Crippen MR) is 64.7 cm³/mol. The van der Waals surface area contributed by atoms with Crippen LogP contribution in [0.5, 0.6) is 0 Å². The summed E-state index contributed by atoms with van der Waals surface area (Å²) in [6.07, 6.45) is 3.50. The second kappa shape index (κ2) is 5.81. The van der Waals surface area contributed by atoms with Crippen LogP contribution in [0.25, 0.3) is 0 Å². The molecule has 0 fully saturated rings. The molecule has 0 aliphatic rings. The van der Waals surface area contributed by atoms with E-state index in [0.717, 1.165) is 25.4 Å². The number of hydrogen-bond acceptors (Lipinski definition) is 4. The van der Waals surface area contributed by atoms with Crippen molar-refractivity contribution in [2.75, 3.05) is 0 Å². The van der Waals surface area contributed by atoms with Crippen molar-refractivity contribution >= 4 is 34.2 Å². The maximum atomic E-state index is 10.8. The van der Waals surface area contributed by atoms with E-state index in [9.17, 15) is 9.59 Å². The van der Waals surface area contributed by atoms with Crippen LogP contribution in [0.3, 0.4) is 0 Å². The topological polar surface area (TPSA) is 34.1 Å². The average molecular weight is 234 g/mol. The molecule has 2 unspecified atom stereocenters. The van der Waals surface area contributed by atoms with Crippen molar-refractivity contribution in [3.8, 4) is 0 Å². The zero-order chi connectivity index (χ0) is 11.2. The summed E-state index contributed by atoms with van der Waals surface area (Å²) in [6, 6.07) is 0. The van der Waals surface area contributed by atoms with Crippen LogP contribution in [0.15, 0.2) is 0 Å². The Morgan fingerprint density at radius 3 is 1.36 bits per heavy atom. The van der Waals surface area contributed by atoms with Gasteiger partial charge in [-0.3, -0.25) is 0 Å². The largest absolute Gasteiger partial charge is 0.302 e. The molecule has 0 spiro atoms. The molecule has 0 aromatic heterocycles. The molecule has 0 amide bonds. The number of rotatable bonds is 7. The van der Waals surface area contributed by atoms with Crippen molar-refractivity contribution < 1.29 is 9.59 Å². The maximum Gasteiger partial charge on any atom is 0.136 e. The molecule has 82 valence electrons. The number of aldehydes is 2. The lowest BCUT2D eigenvalue weighted by atomic mass is 10.1. The molecule has 0 aromatic carbocycles. The number of carbonyl (C=O) groups is 2. The Balaban J connectivity index is 4.27. The van der Waals surface area contributed by atoms with Crippen molar-refractivity contribution in [2.24, 2.45) is 0 Å². The minimum Gasteiger partial charge on any atom is -0.302 e. The molecule has 0 aromatic rings. The Bertz CT molecular complexity index is 186. The summed E-state index contributed by atoms with van der Waals surface area (Å²) >= 11 is 0. The number of carbonyl (C=O) groups excluding carboxylic acids is 2. The van der Waals surface area contributed by atoms with Crippen molar-refractivity contribution in [2.45, 2.75) is 50.0 Å². The molecule has 0 rings (SSSR count). The van der Waals surface area contributed by atoms with Crippen molar-refractivity contribution in [1.29, 1.82) is 0 Å². The Morgan fingerprint density at radius 2 is 1.21 bits per heavy atom. The SMILES string of the molecule is CCC(C)(C=O)SSC(C)(C=O)CC. The summed E-state index contributed by atoms with van der Waals surface area (Å²) in [5, 5.41) is 0. The molecule has 0 aliphatic heterocycles. The van der Waals surface area contributed by atoms with Crippen LogP contribution in [0.4, 0.5) is 0 Å². The summed E-state index contributed by atoms with van der Waals surface area (Å²) in [7, 11) is 2.99. The van der Waals surface area contributed by atoms with E-state index in [1.165, 1.54) is 21.6 Å². The zero-order valence-electron chi connectivity index (χ0n) is 9.20. The van der Waals surface area contributed by atoms with Crippen LogP contribution in [0.2, 0.25) is 0 Å². The van der Waals surface area contributed by atoms with E-state index in [2.05, 4.69) is 0 Å². The van der Waals surface area contributed by atoms with Crippen molar-refractivity contribution in [1.82, 2.24) is 0 Å². The summed E-state index contributed by atoms with van der Waals surface area (Å²) in [5.74, 6) is 0. The van der Waals surface area contributed by atoms with Gasteiger partial charge in [-0.25, -0.2) is 0 Å². The molecule has 0 N–H and O–H groups in total. The fourth-order valence-corrected chi connectivity index (χ4v) is 3.29. The van der Waals surface area contributed by atoms with Crippen LogP contribution in [-0.4, -0.2) is 22.1 Å². The maximum absolute atomic E-state index is 10.8. The third-order valence-corrected chi connectivity index (χ3v) is 6.47. The van der Waals surface area contributed by atoms with Gasteiger partial charge in [-0.05, 0) is 26.7 Å². The van der Waals surface area contributed by atoms with Gasteiger partial charge in [0.2, 0.25) is 0 Å². The molecule has 2 nitrogen and oxygen atoms in total. The zero-order valence-corrected chi connectivity index (χ0v) is 10.8. The lowest BCUT2D eigenvalue weighted by Crippen LogP contribution is -2.24. The molecule has 4 heteroatoms. The lowest BCUT2D eigenvalue weighted by molar-refractivity contribution is -0.110. The third-order valence-electron chi connectivity index (χ3n) is 2.33. The molecular formula is C10H18O2S2. The van der Waals surface area contributed by atoms with E-state index >= 15 is 0 Å². The molecule has 0 radical (unpaired) electrons.